The third-order valence-corrected chi connectivity index (χ3v) is 5.24. The number of aromatic nitrogens is 4. The van der Waals surface area contributed by atoms with E-state index in [0.717, 1.165) is 41.5 Å². The van der Waals surface area contributed by atoms with Crippen LogP contribution in [0.15, 0.2) is 42.9 Å². The maximum atomic E-state index is 12.8. The van der Waals surface area contributed by atoms with Gasteiger partial charge in [-0.05, 0) is 50.1 Å². The summed E-state index contributed by atoms with van der Waals surface area (Å²) in [6.07, 6.45) is 3.45. The zero-order valence-corrected chi connectivity index (χ0v) is 16.5. The van der Waals surface area contributed by atoms with Gasteiger partial charge in [0.2, 0.25) is 0 Å². The van der Waals surface area contributed by atoms with Crippen LogP contribution in [0.2, 0.25) is 0 Å². The van der Waals surface area contributed by atoms with E-state index < -0.39 is 0 Å². The van der Waals surface area contributed by atoms with Crippen LogP contribution in [0.25, 0.3) is 5.82 Å². The van der Waals surface area contributed by atoms with Gasteiger partial charge in [0.1, 0.15) is 12.1 Å². The van der Waals surface area contributed by atoms with Gasteiger partial charge in [0.05, 0.1) is 5.69 Å². The summed E-state index contributed by atoms with van der Waals surface area (Å²) < 4.78 is 1.75. The molecule has 0 saturated carbocycles. The van der Waals surface area contributed by atoms with Crippen molar-refractivity contribution < 1.29 is 4.79 Å². The lowest BCUT2D eigenvalue weighted by atomic mass is 10.1. The first-order chi connectivity index (χ1) is 13.5. The first-order valence-electron chi connectivity index (χ1n) is 9.47. The molecule has 1 aliphatic rings. The summed E-state index contributed by atoms with van der Waals surface area (Å²) in [4.78, 5) is 25.6. The van der Waals surface area contributed by atoms with Crippen molar-refractivity contribution in [1.82, 2.24) is 24.6 Å². The smallest absolute Gasteiger partial charge is 0.253 e. The summed E-state index contributed by atoms with van der Waals surface area (Å²) in [6, 6.07) is 9.79. The van der Waals surface area contributed by atoms with Crippen LogP contribution in [-0.4, -0.2) is 56.7 Å². The molecule has 0 bridgehead atoms. The van der Waals surface area contributed by atoms with Gasteiger partial charge in [-0.25, -0.2) is 14.6 Å². The van der Waals surface area contributed by atoms with Gasteiger partial charge >= 0.3 is 0 Å². The fourth-order valence-corrected chi connectivity index (χ4v) is 3.37. The fraction of sp³-hybridized carbons (Fsp3) is 0.333. The Morgan fingerprint density at radius 1 is 0.893 bits per heavy atom. The second-order valence-electron chi connectivity index (χ2n) is 7.21. The third-order valence-electron chi connectivity index (χ3n) is 5.24. The maximum absolute atomic E-state index is 12.8. The molecule has 4 rings (SSSR count). The first-order valence-corrected chi connectivity index (χ1v) is 9.47. The number of carbonyl (C=O) groups excluding carboxylic acids is 1. The minimum absolute atomic E-state index is 0.0955. The van der Waals surface area contributed by atoms with Gasteiger partial charge in [-0.15, -0.1) is 0 Å². The number of rotatable bonds is 3. The number of anilines is 1. The Kier molecular flexibility index (Phi) is 4.81. The normalized spacial score (nSPS) is 14.4. The lowest BCUT2D eigenvalue weighted by Crippen LogP contribution is -2.49. The number of hydrogen-bond acceptors (Lipinski definition) is 5. The second kappa shape index (κ2) is 7.42. The number of aryl methyl sites for hydroxylation is 3. The molecule has 144 valence electrons. The van der Waals surface area contributed by atoms with Crippen LogP contribution in [0.4, 0.5) is 5.82 Å². The van der Waals surface area contributed by atoms with Crippen LogP contribution in [0.5, 0.6) is 0 Å². The molecule has 0 atom stereocenters. The third kappa shape index (κ3) is 3.60. The fourth-order valence-electron chi connectivity index (χ4n) is 3.37. The number of amides is 1. The molecule has 3 heterocycles. The van der Waals surface area contributed by atoms with Gasteiger partial charge in [-0.2, -0.15) is 5.10 Å². The number of benzene rings is 1. The highest BCUT2D eigenvalue weighted by Gasteiger charge is 2.23. The van der Waals surface area contributed by atoms with E-state index in [0.29, 0.717) is 13.1 Å². The minimum Gasteiger partial charge on any atom is -0.353 e. The highest BCUT2D eigenvalue weighted by Crippen LogP contribution is 2.18. The summed E-state index contributed by atoms with van der Waals surface area (Å²) in [7, 11) is 0. The molecule has 7 nitrogen and oxygen atoms in total. The van der Waals surface area contributed by atoms with Gasteiger partial charge in [0.15, 0.2) is 5.82 Å². The average Bonchev–Trinajstić information content (AvgIpc) is 3.16. The predicted molar refractivity (Wildman–Crippen MR) is 108 cm³/mol. The maximum Gasteiger partial charge on any atom is 0.253 e. The largest absolute Gasteiger partial charge is 0.353 e. The molecule has 28 heavy (non-hydrogen) atoms. The second-order valence-corrected chi connectivity index (χ2v) is 7.21. The van der Waals surface area contributed by atoms with E-state index in [1.807, 2.05) is 55.3 Å². The SMILES string of the molecule is Cc1ccn(-c2cc(N3CCN(C(=O)c4ccc(C)c(C)c4)CC3)ncn2)n1. The minimum atomic E-state index is 0.0955. The van der Waals surface area contributed by atoms with Crippen LogP contribution < -0.4 is 4.90 Å². The molecule has 3 aromatic rings. The molecule has 2 aromatic heterocycles. The summed E-state index contributed by atoms with van der Waals surface area (Å²) in [5.41, 5.74) is 4.05. The Balaban J connectivity index is 1.44. The van der Waals surface area contributed by atoms with E-state index in [1.165, 1.54) is 5.56 Å². The lowest BCUT2D eigenvalue weighted by molar-refractivity contribution is 0.0746. The van der Waals surface area contributed by atoms with Crippen LogP contribution in [-0.2, 0) is 0 Å². The number of hydrogen-bond donors (Lipinski definition) is 0. The molecule has 0 N–H and O–H groups in total. The molecule has 0 aliphatic carbocycles. The number of piperazine rings is 1. The van der Waals surface area contributed by atoms with Crippen molar-refractivity contribution in [2.24, 2.45) is 0 Å². The van der Waals surface area contributed by atoms with Crippen molar-refractivity contribution in [1.29, 1.82) is 0 Å². The Hall–Kier alpha value is -3.22. The molecule has 0 radical (unpaired) electrons. The molecule has 1 amide bonds. The van der Waals surface area contributed by atoms with Crippen molar-refractivity contribution >= 4 is 11.7 Å². The predicted octanol–water partition coefficient (Wildman–Crippen LogP) is 2.55. The van der Waals surface area contributed by atoms with E-state index in [-0.39, 0.29) is 5.91 Å². The van der Waals surface area contributed by atoms with E-state index in [2.05, 4.69) is 26.9 Å². The quantitative estimate of drug-likeness (QED) is 0.703. The highest BCUT2D eigenvalue weighted by atomic mass is 16.2. The van der Waals surface area contributed by atoms with Gasteiger partial charge in [-0.1, -0.05) is 6.07 Å². The van der Waals surface area contributed by atoms with Crippen molar-refractivity contribution in [2.45, 2.75) is 20.8 Å². The van der Waals surface area contributed by atoms with Crippen LogP contribution in [0.1, 0.15) is 27.2 Å². The van der Waals surface area contributed by atoms with Gasteiger partial charge in [0.25, 0.3) is 5.91 Å². The summed E-state index contributed by atoms with van der Waals surface area (Å²) in [5.74, 6) is 1.70. The number of nitrogens with zero attached hydrogens (tertiary/aromatic N) is 6. The summed E-state index contributed by atoms with van der Waals surface area (Å²) in [5, 5.41) is 4.40. The van der Waals surface area contributed by atoms with Gasteiger partial charge < -0.3 is 9.80 Å². The zero-order chi connectivity index (χ0) is 19.7. The van der Waals surface area contributed by atoms with Gasteiger partial charge in [0, 0.05) is 44.0 Å². The van der Waals surface area contributed by atoms with Gasteiger partial charge in [-0.3, -0.25) is 4.79 Å². The number of carbonyl (C=O) groups is 1. The van der Waals surface area contributed by atoms with Crippen molar-refractivity contribution in [3.63, 3.8) is 0 Å². The summed E-state index contributed by atoms with van der Waals surface area (Å²) in [6.45, 7) is 8.87. The molecular formula is C21H24N6O. The van der Waals surface area contributed by atoms with E-state index in [1.54, 1.807) is 11.0 Å². The molecule has 0 spiro atoms. The van der Waals surface area contributed by atoms with Crippen molar-refractivity contribution in [3.05, 3.63) is 65.2 Å². The molecule has 1 saturated heterocycles. The van der Waals surface area contributed by atoms with Crippen molar-refractivity contribution in [3.8, 4) is 5.82 Å². The average molecular weight is 376 g/mol. The molecule has 1 aliphatic heterocycles. The molecule has 1 aromatic carbocycles. The van der Waals surface area contributed by atoms with Crippen molar-refractivity contribution in [2.75, 3.05) is 31.1 Å². The van der Waals surface area contributed by atoms with Crippen LogP contribution >= 0.6 is 0 Å². The first kappa shape index (κ1) is 18.2. The topological polar surface area (TPSA) is 67.2 Å². The Morgan fingerprint density at radius 3 is 2.32 bits per heavy atom. The molecular weight excluding hydrogens is 352 g/mol. The molecule has 0 unspecified atom stereocenters. The standard InChI is InChI=1S/C21H24N6O/c1-15-4-5-18(12-16(15)2)21(28)26-10-8-25(9-11-26)19-13-20(23-14-22-19)27-7-6-17(3)24-27/h4-7,12-14H,8-11H2,1-3H3. The molecule has 1 fully saturated rings. The Labute approximate surface area is 164 Å². The lowest BCUT2D eigenvalue weighted by Gasteiger charge is -2.35. The monoisotopic (exact) mass is 376 g/mol. The van der Waals surface area contributed by atoms with E-state index in [4.69, 9.17) is 0 Å². The Bertz CT molecular complexity index is 1000. The Morgan fingerprint density at radius 2 is 1.64 bits per heavy atom. The summed E-state index contributed by atoms with van der Waals surface area (Å²) >= 11 is 0. The molecule has 7 heteroatoms. The zero-order valence-electron chi connectivity index (χ0n) is 16.5. The van der Waals surface area contributed by atoms with E-state index >= 15 is 0 Å². The van der Waals surface area contributed by atoms with E-state index in [9.17, 15) is 4.79 Å². The highest BCUT2D eigenvalue weighted by molar-refractivity contribution is 5.94. The van der Waals surface area contributed by atoms with Crippen LogP contribution in [0, 0.1) is 20.8 Å². The van der Waals surface area contributed by atoms with Crippen LogP contribution in [0.3, 0.4) is 0 Å².